The number of hydrogen-bond acceptors (Lipinski definition) is 1. The highest BCUT2D eigenvalue weighted by atomic mass is 31.2. The Hall–Kier alpha value is -0.330. The van der Waals surface area contributed by atoms with Gasteiger partial charge in [0, 0.05) is 10.6 Å². The average Bonchev–Trinajstić information content (AvgIpc) is 1.65. The molecule has 52 valence electrons. The zero-order valence-corrected chi connectivity index (χ0v) is 6.61. The monoisotopic (exact) mass is 146 g/mol. The molecule has 0 aliphatic carbocycles. The van der Waals surface area contributed by atoms with Gasteiger partial charge in [0.05, 0.1) is 0 Å². The summed E-state index contributed by atoms with van der Waals surface area (Å²) in [7, 11) is -3.23. The average molecular weight is 146 g/mol. The van der Waals surface area contributed by atoms with Gasteiger partial charge >= 0.3 is 0 Å². The summed E-state index contributed by atoms with van der Waals surface area (Å²) in [4.78, 5) is 9.03. The molecule has 0 radical (unpaired) electrons. The summed E-state index contributed by atoms with van der Waals surface area (Å²) in [5.41, 5.74) is 0. The van der Waals surface area contributed by atoms with Crippen molar-refractivity contribution >= 4 is 7.37 Å². The van der Waals surface area contributed by atoms with Crippen LogP contribution >= 0.6 is 7.37 Å². The Labute approximate surface area is 55.4 Å². The van der Waals surface area contributed by atoms with E-state index in [-0.39, 0.29) is 10.6 Å². The lowest BCUT2D eigenvalue weighted by Gasteiger charge is -2.08. The van der Waals surface area contributed by atoms with E-state index in [4.69, 9.17) is 4.89 Å². The van der Waals surface area contributed by atoms with Crippen LogP contribution in [0.4, 0.5) is 0 Å². The number of hydrogen-bond donors (Lipinski definition) is 1. The summed E-state index contributed by atoms with van der Waals surface area (Å²) in [6, 6.07) is 0. The van der Waals surface area contributed by atoms with Crippen LogP contribution in [0, 0.1) is 0 Å². The topological polar surface area (TPSA) is 37.3 Å². The summed E-state index contributed by atoms with van der Waals surface area (Å²) in [5.74, 6) is 0. The molecule has 0 aliphatic heterocycles. The van der Waals surface area contributed by atoms with Gasteiger partial charge in [-0.1, -0.05) is 13.2 Å². The maximum absolute atomic E-state index is 11.0. The molecule has 0 saturated carbocycles. The van der Waals surface area contributed by atoms with Crippen molar-refractivity contribution in [1.29, 1.82) is 0 Å². The predicted octanol–water partition coefficient (Wildman–Crippen LogP) is 2.32. The lowest BCUT2D eigenvalue weighted by Crippen LogP contribution is -1.79. The molecule has 1 N–H and O–H groups in total. The van der Waals surface area contributed by atoms with Gasteiger partial charge in [-0.2, -0.15) is 0 Å². The van der Waals surface area contributed by atoms with Crippen molar-refractivity contribution in [2.45, 2.75) is 13.8 Å². The molecule has 0 unspecified atom stereocenters. The first-order valence-electron chi connectivity index (χ1n) is 2.54. The Balaban J connectivity index is 4.61. The standard InChI is InChI=1S/C6H11O2P/c1-5(2)9(7,8)6(3)4/h1,3H2,2,4H3,(H,7,8). The lowest BCUT2D eigenvalue weighted by atomic mass is 10.7. The summed E-state index contributed by atoms with van der Waals surface area (Å²) in [6.45, 7) is 9.79. The fourth-order valence-electron chi connectivity index (χ4n) is 0.326. The van der Waals surface area contributed by atoms with Crippen molar-refractivity contribution in [3.05, 3.63) is 23.8 Å². The first-order valence-corrected chi connectivity index (χ1v) is 4.20. The molecule has 2 nitrogen and oxygen atoms in total. The van der Waals surface area contributed by atoms with Gasteiger partial charge in [-0.25, -0.2) is 0 Å². The van der Waals surface area contributed by atoms with Gasteiger partial charge in [0.1, 0.15) is 0 Å². The third kappa shape index (κ3) is 1.81. The Morgan fingerprint density at radius 3 is 1.56 bits per heavy atom. The van der Waals surface area contributed by atoms with Crippen LogP contribution in [0.3, 0.4) is 0 Å². The van der Waals surface area contributed by atoms with Crippen LogP contribution in [-0.4, -0.2) is 4.89 Å². The van der Waals surface area contributed by atoms with Crippen molar-refractivity contribution < 1.29 is 9.46 Å². The molecule has 0 heterocycles. The van der Waals surface area contributed by atoms with E-state index in [1.807, 2.05) is 0 Å². The van der Waals surface area contributed by atoms with Gasteiger partial charge in [-0.05, 0) is 13.8 Å². The quantitative estimate of drug-likeness (QED) is 0.607. The molecule has 0 amide bonds. The van der Waals surface area contributed by atoms with Crippen LogP contribution in [0.15, 0.2) is 23.8 Å². The number of rotatable bonds is 2. The molecule has 3 heteroatoms. The molecule has 0 rings (SSSR count). The first-order chi connectivity index (χ1) is 3.89. The van der Waals surface area contributed by atoms with Gasteiger partial charge in [0.15, 0.2) is 0 Å². The van der Waals surface area contributed by atoms with E-state index in [2.05, 4.69) is 13.2 Å². The van der Waals surface area contributed by atoms with Crippen molar-refractivity contribution in [2.75, 3.05) is 0 Å². The van der Waals surface area contributed by atoms with Crippen molar-refractivity contribution in [1.82, 2.24) is 0 Å². The third-order valence-corrected chi connectivity index (χ3v) is 3.10. The van der Waals surface area contributed by atoms with E-state index < -0.39 is 7.37 Å². The van der Waals surface area contributed by atoms with Crippen LogP contribution < -0.4 is 0 Å². The highest BCUT2D eigenvalue weighted by molar-refractivity contribution is 7.66. The minimum atomic E-state index is -3.23. The minimum absolute atomic E-state index is 0.287. The Bertz CT molecular complexity index is 175. The molecule has 0 atom stereocenters. The Morgan fingerprint density at radius 2 is 1.56 bits per heavy atom. The van der Waals surface area contributed by atoms with Crippen LogP contribution in [0.25, 0.3) is 0 Å². The van der Waals surface area contributed by atoms with Crippen molar-refractivity contribution in [2.24, 2.45) is 0 Å². The van der Waals surface area contributed by atoms with Gasteiger partial charge in [-0.15, -0.1) is 0 Å². The first kappa shape index (κ1) is 8.67. The molecule has 0 aromatic rings. The van der Waals surface area contributed by atoms with Crippen LogP contribution in [0.5, 0.6) is 0 Å². The molecule has 0 aromatic heterocycles. The summed E-state index contributed by atoms with van der Waals surface area (Å²) >= 11 is 0. The molecule has 9 heavy (non-hydrogen) atoms. The van der Waals surface area contributed by atoms with Gasteiger partial charge < -0.3 is 4.89 Å². The fourth-order valence-corrected chi connectivity index (χ4v) is 0.977. The van der Waals surface area contributed by atoms with Crippen molar-refractivity contribution in [3.63, 3.8) is 0 Å². The molecule has 0 fully saturated rings. The maximum Gasteiger partial charge on any atom is 0.249 e. The van der Waals surface area contributed by atoms with Gasteiger partial charge in [0.2, 0.25) is 7.37 Å². The Kier molecular flexibility index (Phi) is 2.41. The zero-order valence-electron chi connectivity index (χ0n) is 5.72. The maximum atomic E-state index is 11.0. The third-order valence-electron chi connectivity index (χ3n) is 1.03. The van der Waals surface area contributed by atoms with E-state index in [9.17, 15) is 4.57 Å². The molecular weight excluding hydrogens is 135 g/mol. The largest absolute Gasteiger partial charge is 0.338 e. The predicted molar refractivity (Wildman–Crippen MR) is 39.5 cm³/mol. The molecule has 0 spiro atoms. The van der Waals surface area contributed by atoms with Crippen LogP contribution in [0.1, 0.15) is 13.8 Å². The fraction of sp³-hybridized carbons (Fsp3) is 0.333. The van der Waals surface area contributed by atoms with Crippen LogP contribution in [0.2, 0.25) is 0 Å². The summed E-state index contributed by atoms with van der Waals surface area (Å²) in [5, 5.41) is 0.574. The van der Waals surface area contributed by atoms with E-state index in [0.29, 0.717) is 0 Å². The second kappa shape index (κ2) is 2.51. The second-order valence-electron chi connectivity index (χ2n) is 2.05. The molecule has 0 saturated heterocycles. The second-order valence-corrected chi connectivity index (χ2v) is 4.73. The highest BCUT2D eigenvalue weighted by Crippen LogP contribution is 2.54. The zero-order chi connectivity index (χ0) is 7.65. The molecular formula is C6H11O2P. The highest BCUT2D eigenvalue weighted by Gasteiger charge is 2.18. The lowest BCUT2D eigenvalue weighted by molar-refractivity contribution is 0.493. The van der Waals surface area contributed by atoms with Crippen molar-refractivity contribution in [3.8, 4) is 0 Å². The number of allylic oxidation sites excluding steroid dienone is 2. The normalized spacial score (nSPS) is 11.0. The van der Waals surface area contributed by atoms with E-state index >= 15 is 0 Å². The van der Waals surface area contributed by atoms with Gasteiger partial charge in [0.25, 0.3) is 0 Å². The summed E-state index contributed by atoms with van der Waals surface area (Å²) in [6.07, 6.45) is 0. The Morgan fingerprint density at radius 1 is 1.33 bits per heavy atom. The molecule has 0 aromatic carbocycles. The smallest absolute Gasteiger partial charge is 0.249 e. The van der Waals surface area contributed by atoms with E-state index in [0.717, 1.165) is 0 Å². The minimum Gasteiger partial charge on any atom is -0.338 e. The van der Waals surface area contributed by atoms with Gasteiger partial charge in [-0.3, -0.25) is 4.57 Å². The molecule has 0 bridgehead atoms. The molecule has 0 aliphatic rings. The summed E-state index contributed by atoms with van der Waals surface area (Å²) < 4.78 is 11.0. The van der Waals surface area contributed by atoms with E-state index in [1.165, 1.54) is 13.8 Å². The van der Waals surface area contributed by atoms with E-state index in [1.54, 1.807) is 0 Å². The van der Waals surface area contributed by atoms with Crippen LogP contribution in [-0.2, 0) is 4.57 Å². The SMILES string of the molecule is C=C(C)P(=O)(O)C(=C)C.